The van der Waals surface area contributed by atoms with Gasteiger partial charge >= 0.3 is 0 Å². The summed E-state index contributed by atoms with van der Waals surface area (Å²) in [6.07, 6.45) is 23.0. The molecule has 0 fully saturated rings. The van der Waals surface area contributed by atoms with Crippen LogP contribution in [0.25, 0.3) is 0 Å². The Balaban J connectivity index is 2.12. The third-order valence-corrected chi connectivity index (χ3v) is 4.98. The molecule has 0 saturated heterocycles. The van der Waals surface area contributed by atoms with E-state index in [1.54, 1.807) is 0 Å². The van der Waals surface area contributed by atoms with Crippen molar-refractivity contribution >= 4 is 0 Å². The van der Waals surface area contributed by atoms with E-state index in [0.29, 0.717) is 12.5 Å². The zero-order valence-electron chi connectivity index (χ0n) is 15.1. The lowest BCUT2D eigenvalue weighted by Crippen LogP contribution is -2.07. The van der Waals surface area contributed by atoms with Gasteiger partial charge in [-0.15, -0.1) is 0 Å². The summed E-state index contributed by atoms with van der Waals surface area (Å²) in [5, 5.41) is 18.7. The highest BCUT2D eigenvalue weighted by molar-refractivity contribution is 5.09. The lowest BCUT2D eigenvalue weighted by atomic mass is 9.89. The van der Waals surface area contributed by atoms with Crippen LogP contribution in [0.4, 0.5) is 0 Å². The molecule has 1 aliphatic carbocycles. The average Bonchev–Trinajstić information content (AvgIpc) is 2.99. The highest BCUT2D eigenvalue weighted by atomic mass is 16.3. The molecule has 0 aliphatic heterocycles. The van der Waals surface area contributed by atoms with E-state index in [-0.39, 0.29) is 6.10 Å². The van der Waals surface area contributed by atoms with Crippen LogP contribution in [0.3, 0.4) is 0 Å². The Morgan fingerprint density at radius 1 is 1.09 bits per heavy atom. The molecule has 0 heterocycles. The van der Waals surface area contributed by atoms with E-state index >= 15 is 0 Å². The van der Waals surface area contributed by atoms with E-state index in [2.05, 4.69) is 31.2 Å². The van der Waals surface area contributed by atoms with Gasteiger partial charge in [-0.05, 0) is 43.9 Å². The standard InChI is InChI=1S/C21H38O2/c1-2-3-16-21(23)17-11-15-20-14-10-13-19(20)12-8-6-4-5-7-9-18-22/h10-11,14-15,19-23H,2-9,12-13,16-18H2,1H3/b15-11+/t19-,20+,21?/m0/s1. The molecule has 0 aromatic carbocycles. The van der Waals surface area contributed by atoms with Gasteiger partial charge < -0.3 is 10.2 Å². The summed E-state index contributed by atoms with van der Waals surface area (Å²) in [5.74, 6) is 1.36. The summed E-state index contributed by atoms with van der Waals surface area (Å²) in [4.78, 5) is 0. The lowest BCUT2D eigenvalue weighted by molar-refractivity contribution is 0.164. The number of hydrogen-bond donors (Lipinski definition) is 2. The molecule has 3 atom stereocenters. The van der Waals surface area contributed by atoms with Gasteiger partial charge in [-0.1, -0.05) is 76.2 Å². The molecule has 0 aromatic heterocycles. The predicted molar refractivity (Wildman–Crippen MR) is 99.4 cm³/mol. The van der Waals surface area contributed by atoms with Crippen LogP contribution in [0.5, 0.6) is 0 Å². The number of aliphatic hydroxyl groups is 2. The van der Waals surface area contributed by atoms with Crippen molar-refractivity contribution in [2.75, 3.05) is 6.61 Å². The Morgan fingerprint density at radius 3 is 2.57 bits per heavy atom. The number of aliphatic hydroxyl groups excluding tert-OH is 2. The van der Waals surface area contributed by atoms with Gasteiger partial charge in [0.05, 0.1) is 6.10 Å². The van der Waals surface area contributed by atoms with E-state index in [1.165, 1.54) is 44.9 Å². The zero-order chi connectivity index (χ0) is 16.8. The van der Waals surface area contributed by atoms with E-state index in [1.807, 2.05) is 0 Å². The molecule has 0 spiro atoms. The number of allylic oxidation sites excluding steroid dienone is 3. The van der Waals surface area contributed by atoms with Gasteiger partial charge in [0.25, 0.3) is 0 Å². The van der Waals surface area contributed by atoms with Gasteiger partial charge in [-0.2, -0.15) is 0 Å². The first kappa shape index (κ1) is 20.4. The number of unbranched alkanes of at least 4 members (excludes halogenated alkanes) is 6. The maximum atomic E-state index is 9.90. The minimum absolute atomic E-state index is 0.158. The molecular weight excluding hydrogens is 284 g/mol. The molecule has 2 N–H and O–H groups in total. The number of hydrogen-bond acceptors (Lipinski definition) is 2. The van der Waals surface area contributed by atoms with Crippen LogP contribution in [0.15, 0.2) is 24.3 Å². The van der Waals surface area contributed by atoms with Crippen molar-refractivity contribution < 1.29 is 10.2 Å². The van der Waals surface area contributed by atoms with Crippen molar-refractivity contribution in [1.82, 2.24) is 0 Å². The van der Waals surface area contributed by atoms with Crippen LogP contribution in [0.1, 0.15) is 84.0 Å². The fourth-order valence-corrected chi connectivity index (χ4v) is 3.43. The smallest absolute Gasteiger partial charge is 0.0574 e. The minimum atomic E-state index is -0.158. The summed E-state index contributed by atoms with van der Waals surface area (Å²) in [6, 6.07) is 0. The molecule has 1 rings (SSSR count). The minimum Gasteiger partial charge on any atom is -0.396 e. The molecule has 0 saturated carbocycles. The first-order chi connectivity index (χ1) is 11.3. The molecule has 23 heavy (non-hydrogen) atoms. The second-order valence-electron chi connectivity index (χ2n) is 7.09. The van der Waals surface area contributed by atoms with Crippen molar-refractivity contribution in [1.29, 1.82) is 0 Å². The first-order valence-electron chi connectivity index (χ1n) is 9.90. The van der Waals surface area contributed by atoms with Crippen molar-refractivity contribution in [3.05, 3.63) is 24.3 Å². The molecule has 0 bridgehead atoms. The molecule has 2 heteroatoms. The highest BCUT2D eigenvalue weighted by Gasteiger charge is 2.19. The van der Waals surface area contributed by atoms with Gasteiger partial charge in [-0.3, -0.25) is 0 Å². The van der Waals surface area contributed by atoms with Gasteiger partial charge in [-0.25, -0.2) is 0 Å². The van der Waals surface area contributed by atoms with Crippen LogP contribution in [-0.4, -0.2) is 22.9 Å². The summed E-state index contributed by atoms with van der Waals surface area (Å²) < 4.78 is 0. The van der Waals surface area contributed by atoms with Crippen LogP contribution >= 0.6 is 0 Å². The summed E-state index contributed by atoms with van der Waals surface area (Å²) in [5.41, 5.74) is 0. The van der Waals surface area contributed by atoms with E-state index < -0.39 is 0 Å². The molecule has 1 unspecified atom stereocenters. The largest absolute Gasteiger partial charge is 0.396 e. The van der Waals surface area contributed by atoms with Crippen molar-refractivity contribution in [3.8, 4) is 0 Å². The predicted octanol–water partition coefficient (Wildman–Crippen LogP) is 5.40. The Bertz CT molecular complexity index is 322. The Kier molecular flexibility index (Phi) is 12.3. The second-order valence-corrected chi connectivity index (χ2v) is 7.09. The zero-order valence-corrected chi connectivity index (χ0v) is 15.1. The maximum Gasteiger partial charge on any atom is 0.0574 e. The third-order valence-electron chi connectivity index (χ3n) is 4.98. The second kappa shape index (κ2) is 13.8. The van der Waals surface area contributed by atoms with Gasteiger partial charge in [0.15, 0.2) is 0 Å². The first-order valence-corrected chi connectivity index (χ1v) is 9.90. The fraction of sp³-hybridized carbons (Fsp3) is 0.810. The molecular formula is C21H38O2. The van der Waals surface area contributed by atoms with E-state index in [0.717, 1.165) is 38.0 Å². The Labute approximate surface area is 143 Å². The van der Waals surface area contributed by atoms with Crippen LogP contribution in [-0.2, 0) is 0 Å². The van der Waals surface area contributed by atoms with Gasteiger partial charge in [0, 0.05) is 6.61 Å². The summed E-state index contributed by atoms with van der Waals surface area (Å²) >= 11 is 0. The topological polar surface area (TPSA) is 40.5 Å². The Morgan fingerprint density at radius 2 is 1.83 bits per heavy atom. The van der Waals surface area contributed by atoms with E-state index in [4.69, 9.17) is 5.11 Å². The highest BCUT2D eigenvalue weighted by Crippen LogP contribution is 2.31. The van der Waals surface area contributed by atoms with E-state index in [9.17, 15) is 5.11 Å². The monoisotopic (exact) mass is 322 g/mol. The summed E-state index contributed by atoms with van der Waals surface area (Å²) in [6.45, 7) is 2.51. The SMILES string of the molecule is CCCCC(O)C/C=C/[C@H]1C=CC[C@@H]1CCCCCCCCO. The van der Waals surface area contributed by atoms with Crippen molar-refractivity contribution in [3.63, 3.8) is 0 Å². The van der Waals surface area contributed by atoms with Gasteiger partial charge in [0.1, 0.15) is 0 Å². The molecule has 2 nitrogen and oxygen atoms in total. The quantitative estimate of drug-likeness (QED) is 0.332. The molecule has 134 valence electrons. The fourth-order valence-electron chi connectivity index (χ4n) is 3.43. The molecule has 0 aromatic rings. The van der Waals surface area contributed by atoms with Crippen molar-refractivity contribution in [2.45, 2.75) is 90.1 Å². The molecule has 1 aliphatic rings. The van der Waals surface area contributed by atoms with Crippen LogP contribution < -0.4 is 0 Å². The van der Waals surface area contributed by atoms with Crippen LogP contribution in [0.2, 0.25) is 0 Å². The van der Waals surface area contributed by atoms with Gasteiger partial charge in [0.2, 0.25) is 0 Å². The normalized spacial score (nSPS) is 22.2. The maximum absolute atomic E-state index is 9.90. The van der Waals surface area contributed by atoms with Crippen LogP contribution in [0, 0.1) is 11.8 Å². The number of rotatable bonds is 14. The molecule has 0 radical (unpaired) electrons. The van der Waals surface area contributed by atoms with Crippen molar-refractivity contribution in [2.24, 2.45) is 11.8 Å². The molecule has 0 amide bonds. The average molecular weight is 323 g/mol. The third kappa shape index (κ3) is 9.99. The Hall–Kier alpha value is -0.600. The summed E-state index contributed by atoms with van der Waals surface area (Å²) in [7, 11) is 0. The lowest BCUT2D eigenvalue weighted by Gasteiger charge is -2.16.